The molecule has 0 aliphatic carbocycles. The van der Waals surface area contributed by atoms with E-state index >= 15 is 0 Å². The Labute approximate surface area is 89.8 Å². The molecule has 0 bridgehead atoms. The van der Waals surface area contributed by atoms with Gasteiger partial charge in [-0.1, -0.05) is 0 Å². The van der Waals surface area contributed by atoms with Gasteiger partial charge in [-0.15, -0.1) is 22.7 Å². The minimum atomic E-state index is 0.494. The first kappa shape index (κ1) is 9.57. The van der Waals surface area contributed by atoms with Gasteiger partial charge in [0.1, 0.15) is 5.01 Å². The maximum atomic E-state index is 5.49. The summed E-state index contributed by atoms with van der Waals surface area (Å²) < 4.78 is 0. The van der Waals surface area contributed by atoms with Crippen molar-refractivity contribution in [2.75, 3.05) is 12.4 Å². The minimum Gasteiger partial charge on any atom is -0.365 e. The molecule has 3 N–H and O–H groups in total. The van der Waals surface area contributed by atoms with Gasteiger partial charge in [0.2, 0.25) is 0 Å². The van der Waals surface area contributed by atoms with Gasteiger partial charge in [0.05, 0.1) is 10.6 Å². The van der Waals surface area contributed by atoms with Gasteiger partial charge in [0, 0.05) is 25.2 Å². The van der Waals surface area contributed by atoms with Crippen LogP contribution in [0.3, 0.4) is 0 Å². The Bertz CT molecular complexity index is 380. The number of thiazole rings is 2. The van der Waals surface area contributed by atoms with E-state index in [0.717, 1.165) is 20.7 Å². The highest BCUT2D eigenvalue weighted by Gasteiger charge is 2.06. The van der Waals surface area contributed by atoms with Crippen LogP contribution in [0.5, 0.6) is 0 Å². The van der Waals surface area contributed by atoms with Gasteiger partial charge in [-0.05, 0) is 0 Å². The first-order valence-corrected chi connectivity index (χ1v) is 5.81. The summed E-state index contributed by atoms with van der Waals surface area (Å²) in [6.07, 6.45) is 1.82. The molecule has 0 radical (unpaired) electrons. The van der Waals surface area contributed by atoms with Gasteiger partial charge in [-0.25, -0.2) is 9.97 Å². The fourth-order valence-corrected chi connectivity index (χ4v) is 2.53. The Hall–Kier alpha value is -0.980. The van der Waals surface area contributed by atoms with Crippen LogP contribution in [-0.2, 0) is 6.54 Å². The first-order chi connectivity index (χ1) is 6.83. The summed E-state index contributed by atoms with van der Waals surface area (Å²) in [6.45, 7) is 0.494. The zero-order valence-electron chi connectivity index (χ0n) is 7.65. The van der Waals surface area contributed by atoms with Crippen LogP contribution >= 0.6 is 22.7 Å². The van der Waals surface area contributed by atoms with Gasteiger partial charge in [0.25, 0.3) is 0 Å². The van der Waals surface area contributed by atoms with Crippen LogP contribution in [0.25, 0.3) is 10.6 Å². The van der Waals surface area contributed by atoms with E-state index in [1.54, 1.807) is 22.7 Å². The van der Waals surface area contributed by atoms with Crippen molar-refractivity contribution in [3.63, 3.8) is 0 Å². The predicted molar refractivity (Wildman–Crippen MR) is 60.7 cm³/mol. The maximum absolute atomic E-state index is 5.49. The van der Waals surface area contributed by atoms with Crippen molar-refractivity contribution in [2.24, 2.45) is 5.73 Å². The molecule has 0 atom stereocenters. The molecule has 2 rings (SSSR count). The molecule has 0 saturated heterocycles. The van der Waals surface area contributed by atoms with Crippen LogP contribution in [0.15, 0.2) is 11.6 Å². The third kappa shape index (κ3) is 1.77. The van der Waals surface area contributed by atoms with E-state index in [-0.39, 0.29) is 0 Å². The predicted octanol–water partition coefficient (Wildman–Crippen LogP) is 1.77. The van der Waals surface area contributed by atoms with Crippen molar-refractivity contribution in [3.05, 3.63) is 16.6 Å². The lowest BCUT2D eigenvalue weighted by Crippen LogP contribution is -1.93. The molecule has 0 saturated carbocycles. The summed E-state index contributed by atoms with van der Waals surface area (Å²) in [5.41, 5.74) is 6.46. The molecule has 6 heteroatoms. The monoisotopic (exact) mass is 226 g/mol. The van der Waals surface area contributed by atoms with E-state index in [2.05, 4.69) is 15.3 Å². The number of nitrogens with zero attached hydrogens (tertiary/aromatic N) is 2. The van der Waals surface area contributed by atoms with Crippen LogP contribution in [0, 0.1) is 0 Å². The summed E-state index contributed by atoms with van der Waals surface area (Å²) in [5, 5.41) is 6.88. The minimum absolute atomic E-state index is 0.494. The van der Waals surface area contributed by atoms with Gasteiger partial charge in [0.15, 0.2) is 5.13 Å². The largest absolute Gasteiger partial charge is 0.365 e. The van der Waals surface area contributed by atoms with Crippen molar-refractivity contribution in [3.8, 4) is 10.6 Å². The molecule has 0 amide bonds. The summed E-state index contributed by atoms with van der Waals surface area (Å²) in [4.78, 5) is 9.64. The Morgan fingerprint density at radius 2 is 2.43 bits per heavy atom. The number of nitrogens with one attached hydrogen (secondary N) is 1. The van der Waals surface area contributed by atoms with Crippen molar-refractivity contribution < 1.29 is 0 Å². The highest BCUT2D eigenvalue weighted by molar-refractivity contribution is 7.16. The Morgan fingerprint density at radius 3 is 3.00 bits per heavy atom. The summed E-state index contributed by atoms with van der Waals surface area (Å²) in [5.74, 6) is 0. The fraction of sp³-hybridized carbons (Fsp3) is 0.250. The third-order valence-electron chi connectivity index (χ3n) is 1.70. The Balaban J connectivity index is 2.29. The van der Waals surface area contributed by atoms with Crippen molar-refractivity contribution in [2.45, 2.75) is 6.54 Å². The first-order valence-electron chi connectivity index (χ1n) is 4.12. The lowest BCUT2D eigenvalue weighted by Gasteiger charge is -1.88. The Kier molecular flexibility index (Phi) is 2.76. The number of anilines is 1. The zero-order valence-corrected chi connectivity index (χ0v) is 9.28. The lowest BCUT2D eigenvalue weighted by molar-refractivity contribution is 1.04. The van der Waals surface area contributed by atoms with Crippen molar-refractivity contribution >= 4 is 27.8 Å². The van der Waals surface area contributed by atoms with Gasteiger partial charge >= 0.3 is 0 Å². The lowest BCUT2D eigenvalue weighted by atomic mass is 10.4. The molecule has 0 spiro atoms. The molecular formula is C8H10N4S2. The average molecular weight is 226 g/mol. The second-order valence-corrected chi connectivity index (χ2v) is 4.58. The van der Waals surface area contributed by atoms with Crippen LogP contribution in [0.2, 0.25) is 0 Å². The van der Waals surface area contributed by atoms with E-state index in [1.807, 2.05) is 18.6 Å². The average Bonchev–Trinajstić information content (AvgIpc) is 2.86. The van der Waals surface area contributed by atoms with Crippen LogP contribution in [0.1, 0.15) is 5.01 Å². The molecule has 0 aromatic carbocycles. The second kappa shape index (κ2) is 4.04. The molecule has 2 heterocycles. The zero-order chi connectivity index (χ0) is 9.97. The van der Waals surface area contributed by atoms with E-state index in [9.17, 15) is 0 Å². The molecule has 14 heavy (non-hydrogen) atoms. The number of hydrogen-bond donors (Lipinski definition) is 2. The van der Waals surface area contributed by atoms with E-state index in [4.69, 9.17) is 5.73 Å². The van der Waals surface area contributed by atoms with Crippen LogP contribution in [0.4, 0.5) is 5.13 Å². The molecule has 74 valence electrons. The third-order valence-corrected chi connectivity index (χ3v) is 3.60. The van der Waals surface area contributed by atoms with Crippen molar-refractivity contribution in [1.29, 1.82) is 0 Å². The summed E-state index contributed by atoms with van der Waals surface area (Å²) >= 11 is 3.18. The molecule has 0 aliphatic heterocycles. The smallest absolute Gasteiger partial charge is 0.182 e. The molecule has 2 aromatic rings. The number of nitrogens with two attached hydrogens (primary N) is 1. The quantitative estimate of drug-likeness (QED) is 0.837. The Morgan fingerprint density at radius 1 is 1.57 bits per heavy atom. The normalized spacial score (nSPS) is 10.4. The molecule has 2 aromatic heterocycles. The van der Waals surface area contributed by atoms with E-state index < -0.39 is 0 Å². The maximum Gasteiger partial charge on any atom is 0.182 e. The topological polar surface area (TPSA) is 63.8 Å². The van der Waals surface area contributed by atoms with E-state index in [1.165, 1.54) is 0 Å². The van der Waals surface area contributed by atoms with Crippen LogP contribution < -0.4 is 11.1 Å². The number of hydrogen-bond acceptors (Lipinski definition) is 6. The standard InChI is InChI=1S/C8H10N4S2/c1-10-8-12-5(4-13-8)6-3-11-7(2-9)14-6/h3-4H,2,9H2,1H3,(H,10,12). The molecule has 0 aliphatic rings. The number of aromatic nitrogens is 2. The molecule has 0 unspecified atom stereocenters. The fourth-order valence-electron chi connectivity index (χ4n) is 1.02. The van der Waals surface area contributed by atoms with Gasteiger partial charge in [-0.3, -0.25) is 0 Å². The second-order valence-electron chi connectivity index (χ2n) is 2.61. The highest BCUT2D eigenvalue weighted by Crippen LogP contribution is 2.28. The highest BCUT2D eigenvalue weighted by atomic mass is 32.1. The van der Waals surface area contributed by atoms with E-state index in [0.29, 0.717) is 6.54 Å². The molecular weight excluding hydrogens is 216 g/mol. The van der Waals surface area contributed by atoms with Gasteiger partial charge < -0.3 is 11.1 Å². The SMILES string of the molecule is CNc1nc(-c2cnc(CN)s2)cs1. The van der Waals surface area contributed by atoms with Crippen molar-refractivity contribution in [1.82, 2.24) is 9.97 Å². The van der Waals surface area contributed by atoms with Crippen LogP contribution in [-0.4, -0.2) is 17.0 Å². The summed E-state index contributed by atoms with van der Waals surface area (Å²) in [7, 11) is 1.86. The summed E-state index contributed by atoms with van der Waals surface area (Å²) in [6, 6.07) is 0. The van der Waals surface area contributed by atoms with Gasteiger partial charge in [-0.2, -0.15) is 0 Å². The molecule has 4 nitrogen and oxygen atoms in total. The number of rotatable bonds is 3. The molecule has 0 fully saturated rings.